The minimum absolute atomic E-state index is 0.00496. The monoisotopic (exact) mass is 330 g/mol. The minimum atomic E-state index is -3.86. The zero-order chi connectivity index (χ0) is 15.6. The van der Waals surface area contributed by atoms with E-state index < -0.39 is 22.0 Å². The lowest BCUT2D eigenvalue weighted by Gasteiger charge is -2.20. The number of carbonyl (C=O) groups is 2. The van der Waals surface area contributed by atoms with E-state index >= 15 is 0 Å². The van der Waals surface area contributed by atoms with Crippen molar-refractivity contribution in [3.05, 3.63) is 24.3 Å². The summed E-state index contributed by atoms with van der Waals surface area (Å²) in [5, 5.41) is 11.6. The Kier molecular flexibility index (Phi) is 4.55. The van der Waals surface area contributed by atoms with Gasteiger partial charge < -0.3 is 10.4 Å². The zero-order valence-corrected chi connectivity index (χ0v) is 12.8. The summed E-state index contributed by atoms with van der Waals surface area (Å²) in [4.78, 5) is 22.0. The number of hydrogen-bond donors (Lipinski definition) is 2. The number of carbonyl (C=O) groups excluding carboxylic acids is 1. The Bertz CT molecular complexity index is 657. The SMILES string of the molecule is CC(=O)Nc1ccc(S(=O)(=O)N2CSC[C@H]2C(=O)O)cc1. The van der Waals surface area contributed by atoms with Crippen molar-refractivity contribution in [2.75, 3.05) is 16.9 Å². The number of thioether (sulfide) groups is 1. The number of anilines is 1. The second-order valence-corrected chi connectivity index (χ2v) is 7.34. The van der Waals surface area contributed by atoms with Gasteiger partial charge in [0.1, 0.15) is 6.04 Å². The largest absolute Gasteiger partial charge is 0.480 e. The van der Waals surface area contributed by atoms with Crippen LogP contribution in [0.1, 0.15) is 6.92 Å². The Hall–Kier alpha value is -1.58. The Morgan fingerprint density at radius 1 is 1.33 bits per heavy atom. The van der Waals surface area contributed by atoms with Gasteiger partial charge in [-0.3, -0.25) is 9.59 Å². The molecule has 0 bridgehead atoms. The second-order valence-electron chi connectivity index (χ2n) is 4.45. The van der Waals surface area contributed by atoms with E-state index in [9.17, 15) is 18.0 Å². The summed E-state index contributed by atoms with van der Waals surface area (Å²) >= 11 is 1.26. The van der Waals surface area contributed by atoms with Gasteiger partial charge in [0.05, 0.1) is 10.8 Å². The van der Waals surface area contributed by atoms with Crippen molar-refractivity contribution < 1.29 is 23.1 Å². The van der Waals surface area contributed by atoms with Gasteiger partial charge in [-0.2, -0.15) is 4.31 Å². The summed E-state index contributed by atoms with van der Waals surface area (Å²) in [5.41, 5.74) is 0.479. The maximum absolute atomic E-state index is 12.4. The van der Waals surface area contributed by atoms with Crippen molar-refractivity contribution in [2.24, 2.45) is 0 Å². The third kappa shape index (κ3) is 3.36. The van der Waals surface area contributed by atoms with E-state index in [1.165, 1.54) is 43.0 Å². The lowest BCUT2D eigenvalue weighted by atomic mass is 10.3. The standard InChI is InChI=1S/C12H14N2O5S2/c1-8(15)13-9-2-4-10(5-3-9)21(18,19)14-7-20-6-11(14)12(16)17/h2-5,11H,6-7H2,1H3,(H,13,15)(H,16,17)/t11-/m0/s1. The fourth-order valence-corrected chi connectivity index (χ4v) is 5.04. The fourth-order valence-electron chi connectivity index (χ4n) is 1.91. The Labute approximate surface area is 126 Å². The van der Waals surface area contributed by atoms with E-state index in [1.54, 1.807) is 0 Å². The molecular formula is C12H14N2O5S2. The molecule has 1 amide bonds. The van der Waals surface area contributed by atoms with Crippen LogP contribution in [0.4, 0.5) is 5.69 Å². The Morgan fingerprint density at radius 2 is 1.95 bits per heavy atom. The molecule has 0 saturated carbocycles. The highest BCUT2D eigenvalue weighted by Gasteiger charge is 2.39. The first kappa shape index (κ1) is 15.8. The molecule has 9 heteroatoms. The number of rotatable bonds is 4. The number of amides is 1. The predicted octanol–water partition coefficient (Wildman–Crippen LogP) is 0.793. The summed E-state index contributed by atoms with van der Waals surface area (Å²) in [7, 11) is -3.86. The zero-order valence-electron chi connectivity index (χ0n) is 11.1. The third-order valence-corrected chi connectivity index (χ3v) is 5.95. The van der Waals surface area contributed by atoms with Crippen LogP contribution in [-0.2, 0) is 19.6 Å². The van der Waals surface area contributed by atoms with Gasteiger partial charge in [-0.25, -0.2) is 8.42 Å². The first-order valence-corrected chi connectivity index (χ1v) is 8.62. The van der Waals surface area contributed by atoms with E-state index in [0.29, 0.717) is 5.69 Å². The van der Waals surface area contributed by atoms with Gasteiger partial charge in [0.2, 0.25) is 15.9 Å². The molecule has 1 aliphatic heterocycles. The van der Waals surface area contributed by atoms with E-state index in [1.807, 2.05) is 0 Å². The molecule has 114 valence electrons. The molecule has 1 aromatic carbocycles. The van der Waals surface area contributed by atoms with Gasteiger partial charge in [0.25, 0.3) is 0 Å². The van der Waals surface area contributed by atoms with E-state index in [4.69, 9.17) is 5.11 Å². The number of aliphatic carboxylic acids is 1. The van der Waals surface area contributed by atoms with Crippen LogP contribution < -0.4 is 5.32 Å². The molecule has 1 saturated heterocycles. The minimum Gasteiger partial charge on any atom is -0.480 e. The van der Waals surface area contributed by atoms with E-state index in [0.717, 1.165) is 4.31 Å². The maximum atomic E-state index is 12.4. The topological polar surface area (TPSA) is 104 Å². The molecule has 1 aromatic rings. The number of carboxylic acid groups (broad SMARTS) is 1. The molecule has 0 radical (unpaired) electrons. The van der Waals surface area contributed by atoms with Gasteiger partial charge in [0, 0.05) is 18.4 Å². The van der Waals surface area contributed by atoms with Crippen LogP contribution in [0.2, 0.25) is 0 Å². The van der Waals surface area contributed by atoms with Crippen LogP contribution in [0.25, 0.3) is 0 Å². The van der Waals surface area contributed by atoms with Gasteiger partial charge in [-0.1, -0.05) is 0 Å². The number of nitrogens with one attached hydrogen (secondary N) is 1. The molecule has 2 N–H and O–H groups in total. The lowest BCUT2D eigenvalue weighted by Crippen LogP contribution is -2.41. The highest BCUT2D eigenvalue weighted by Crippen LogP contribution is 2.28. The van der Waals surface area contributed by atoms with Crippen LogP contribution in [0.5, 0.6) is 0 Å². The molecule has 0 aliphatic carbocycles. The van der Waals surface area contributed by atoms with E-state index in [2.05, 4.69) is 5.32 Å². The smallest absolute Gasteiger partial charge is 0.322 e. The second kappa shape index (κ2) is 6.04. The average Bonchev–Trinajstić information content (AvgIpc) is 2.88. The Morgan fingerprint density at radius 3 is 2.48 bits per heavy atom. The number of sulfonamides is 1. The molecule has 0 unspecified atom stereocenters. The molecule has 2 rings (SSSR count). The first-order chi connectivity index (χ1) is 9.82. The summed E-state index contributed by atoms with van der Waals surface area (Å²) in [6.07, 6.45) is 0. The fraction of sp³-hybridized carbons (Fsp3) is 0.333. The van der Waals surface area contributed by atoms with Crippen LogP contribution in [0.3, 0.4) is 0 Å². The van der Waals surface area contributed by atoms with Crippen molar-refractivity contribution >= 4 is 39.3 Å². The normalized spacial score (nSPS) is 19.4. The summed E-state index contributed by atoms with van der Waals surface area (Å²) in [6.45, 7) is 1.35. The van der Waals surface area contributed by atoms with Crippen molar-refractivity contribution in [1.29, 1.82) is 0 Å². The maximum Gasteiger partial charge on any atom is 0.322 e. The van der Waals surface area contributed by atoms with Crippen LogP contribution in [0, 0.1) is 0 Å². The number of nitrogens with zero attached hydrogens (tertiary/aromatic N) is 1. The van der Waals surface area contributed by atoms with Gasteiger partial charge in [0.15, 0.2) is 0 Å². The lowest BCUT2D eigenvalue weighted by molar-refractivity contribution is -0.140. The quantitative estimate of drug-likeness (QED) is 0.846. The molecule has 0 spiro atoms. The first-order valence-electron chi connectivity index (χ1n) is 6.02. The highest BCUT2D eigenvalue weighted by molar-refractivity contribution is 8.00. The summed E-state index contributed by atoms with van der Waals surface area (Å²) < 4.78 is 25.9. The van der Waals surface area contributed by atoms with Crippen LogP contribution >= 0.6 is 11.8 Å². The molecule has 1 heterocycles. The molecule has 1 aliphatic rings. The van der Waals surface area contributed by atoms with Crippen molar-refractivity contribution in [2.45, 2.75) is 17.9 Å². The molecule has 21 heavy (non-hydrogen) atoms. The van der Waals surface area contributed by atoms with Gasteiger partial charge >= 0.3 is 5.97 Å². The predicted molar refractivity (Wildman–Crippen MR) is 78.5 cm³/mol. The van der Waals surface area contributed by atoms with Gasteiger partial charge in [-0.15, -0.1) is 11.8 Å². The molecule has 0 aromatic heterocycles. The van der Waals surface area contributed by atoms with Crippen molar-refractivity contribution in [1.82, 2.24) is 4.31 Å². The summed E-state index contributed by atoms with van der Waals surface area (Å²) in [5.74, 6) is -1.06. The Balaban J connectivity index is 2.27. The van der Waals surface area contributed by atoms with E-state index in [-0.39, 0.29) is 22.4 Å². The van der Waals surface area contributed by atoms with Crippen molar-refractivity contribution in [3.63, 3.8) is 0 Å². The van der Waals surface area contributed by atoms with Crippen LogP contribution in [0.15, 0.2) is 29.2 Å². The number of carboxylic acids is 1. The third-order valence-electron chi connectivity index (χ3n) is 2.91. The number of hydrogen-bond acceptors (Lipinski definition) is 5. The van der Waals surface area contributed by atoms with Crippen LogP contribution in [-0.4, -0.2) is 47.4 Å². The molecule has 1 fully saturated rings. The summed E-state index contributed by atoms with van der Waals surface area (Å²) in [6, 6.07) is 4.58. The molecular weight excluding hydrogens is 316 g/mol. The molecule has 7 nitrogen and oxygen atoms in total. The molecule has 1 atom stereocenters. The van der Waals surface area contributed by atoms with Gasteiger partial charge in [-0.05, 0) is 24.3 Å². The average molecular weight is 330 g/mol. The number of benzene rings is 1. The highest BCUT2D eigenvalue weighted by atomic mass is 32.2. The van der Waals surface area contributed by atoms with Crippen molar-refractivity contribution in [3.8, 4) is 0 Å².